The summed E-state index contributed by atoms with van der Waals surface area (Å²) in [5, 5.41) is 22.3. The van der Waals surface area contributed by atoms with Gasteiger partial charge >= 0.3 is 6.36 Å². The molecule has 1 aromatic heterocycles. The fraction of sp³-hybridized carbons (Fsp3) is 0.240. The molecule has 4 aromatic rings. The van der Waals surface area contributed by atoms with Crippen LogP contribution in [0.25, 0.3) is 11.1 Å². The highest BCUT2D eigenvalue weighted by Crippen LogP contribution is 2.29. The second-order valence-corrected chi connectivity index (χ2v) is 8.60. The van der Waals surface area contributed by atoms with Gasteiger partial charge in [0.2, 0.25) is 0 Å². The van der Waals surface area contributed by atoms with E-state index in [-0.39, 0.29) is 24.4 Å². The number of aliphatic hydroxyl groups is 1. The summed E-state index contributed by atoms with van der Waals surface area (Å²) in [6.45, 7) is 0.178. The largest absolute Gasteiger partial charge is 0.573 e. The molecule has 4 rings (SSSR count). The number of benzene rings is 3. The van der Waals surface area contributed by atoms with Gasteiger partial charge in [0.05, 0.1) is 6.54 Å². The maximum absolute atomic E-state index is 14.6. The lowest BCUT2D eigenvalue weighted by Crippen LogP contribution is -2.43. The maximum Gasteiger partial charge on any atom is 0.573 e. The van der Waals surface area contributed by atoms with Gasteiger partial charge < -0.3 is 9.84 Å². The molecule has 0 saturated carbocycles. The lowest BCUT2D eigenvalue weighted by molar-refractivity contribution is -0.274. The number of ether oxygens (including phenoxy) is 1. The molecule has 1 unspecified atom stereocenters. The summed E-state index contributed by atoms with van der Waals surface area (Å²) in [7, 11) is 1.74. The van der Waals surface area contributed by atoms with Crippen LogP contribution in [0.3, 0.4) is 0 Å². The number of halogens is 5. The Labute approximate surface area is 208 Å². The van der Waals surface area contributed by atoms with Gasteiger partial charge in [-0.05, 0) is 52.4 Å². The molecule has 1 atom stereocenters. The van der Waals surface area contributed by atoms with Crippen molar-refractivity contribution in [3.8, 4) is 16.9 Å². The predicted molar refractivity (Wildman–Crippen MR) is 123 cm³/mol. The molecule has 1 heterocycles. The summed E-state index contributed by atoms with van der Waals surface area (Å²) < 4.78 is 70.3. The van der Waals surface area contributed by atoms with E-state index in [1.807, 2.05) is 24.3 Å². The molecule has 0 bridgehead atoms. The Hall–Kier alpha value is -3.90. The minimum absolute atomic E-state index is 0.0299. The predicted octanol–water partition coefficient (Wildman–Crippen LogP) is 4.54. The molecule has 0 aliphatic carbocycles. The van der Waals surface area contributed by atoms with Crippen molar-refractivity contribution in [2.45, 2.75) is 25.1 Å². The van der Waals surface area contributed by atoms with Gasteiger partial charge in [0.1, 0.15) is 29.3 Å². The Bertz CT molecular complexity index is 1320. The third kappa shape index (κ3) is 6.86. The number of likely N-dealkylation sites (N-methyl/N-ethyl adjacent to an activating group) is 1. The monoisotopic (exact) mass is 519 g/mol. The topological polar surface area (TPSA) is 76.3 Å². The van der Waals surface area contributed by atoms with Gasteiger partial charge in [-0.15, -0.1) is 18.3 Å². The number of hydrogen-bond acceptors (Lipinski definition) is 6. The molecule has 0 fully saturated rings. The summed E-state index contributed by atoms with van der Waals surface area (Å²) in [6, 6.07) is 15.8. The van der Waals surface area contributed by atoms with Crippen molar-refractivity contribution in [1.29, 1.82) is 0 Å². The Morgan fingerprint density at radius 1 is 0.946 bits per heavy atom. The molecule has 0 radical (unpaired) electrons. The molecule has 0 amide bonds. The van der Waals surface area contributed by atoms with E-state index in [0.717, 1.165) is 17.2 Å². The normalized spacial score (nSPS) is 13.5. The molecule has 7 nitrogen and oxygen atoms in total. The van der Waals surface area contributed by atoms with Gasteiger partial charge in [-0.25, -0.2) is 13.5 Å². The molecule has 1 N–H and O–H groups in total. The van der Waals surface area contributed by atoms with Crippen molar-refractivity contribution < 1.29 is 31.8 Å². The molecule has 0 aliphatic rings. The summed E-state index contributed by atoms with van der Waals surface area (Å²) in [5.74, 6) is -1.96. The third-order valence-electron chi connectivity index (χ3n) is 5.61. The van der Waals surface area contributed by atoms with Crippen LogP contribution in [0.5, 0.6) is 5.75 Å². The van der Waals surface area contributed by atoms with Gasteiger partial charge in [-0.1, -0.05) is 42.5 Å². The first-order valence-electron chi connectivity index (χ1n) is 11.0. The summed E-state index contributed by atoms with van der Waals surface area (Å²) >= 11 is 0. The Morgan fingerprint density at radius 3 is 2.16 bits per heavy atom. The van der Waals surface area contributed by atoms with Crippen LogP contribution in [0.2, 0.25) is 0 Å². The van der Waals surface area contributed by atoms with Crippen LogP contribution in [0.1, 0.15) is 11.1 Å². The van der Waals surface area contributed by atoms with E-state index in [2.05, 4.69) is 20.3 Å². The first kappa shape index (κ1) is 26.2. The van der Waals surface area contributed by atoms with Crippen LogP contribution in [-0.4, -0.2) is 50.2 Å². The highest BCUT2D eigenvalue weighted by atomic mass is 19.4. The molecule has 194 valence electrons. The first-order chi connectivity index (χ1) is 17.5. The van der Waals surface area contributed by atoms with Gasteiger partial charge in [-0.2, -0.15) is 0 Å². The Kier molecular flexibility index (Phi) is 7.50. The average Bonchev–Trinajstić information content (AvgIpc) is 3.31. The number of rotatable bonds is 9. The van der Waals surface area contributed by atoms with E-state index in [1.165, 1.54) is 41.3 Å². The van der Waals surface area contributed by atoms with Crippen LogP contribution in [0.4, 0.5) is 22.0 Å². The SMILES string of the molecule is CN(Cc1ccc(-c2ccc(OC(F)(F)F)cc2)cc1)CC(O)(Cn1cnnn1)c1ccc(F)cc1F. The second kappa shape index (κ2) is 10.6. The van der Waals surface area contributed by atoms with Crippen molar-refractivity contribution in [2.75, 3.05) is 13.6 Å². The molecule has 0 aliphatic heterocycles. The molecule has 3 aromatic carbocycles. The van der Waals surface area contributed by atoms with Crippen molar-refractivity contribution in [3.05, 3.63) is 95.8 Å². The van der Waals surface area contributed by atoms with Crippen LogP contribution < -0.4 is 4.74 Å². The molecular weight excluding hydrogens is 497 g/mol. The molecular formula is C25H22F5N5O2. The van der Waals surface area contributed by atoms with Gasteiger partial charge in [0.15, 0.2) is 0 Å². The fourth-order valence-electron chi connectivity index (χ4n) is 4.07. The lowest BCUT2D eigenvalue weighted by atomic mass is 9.92. The van der Waals surface area contributed by atoms with Crippen molar-refractivity contribution in [3.63, 3.8) is 0 Å². The van der Waals surface area contributed by atoms with Gasteiger partial charge in [-0.3, -0.25) is 4.90 Å². The van der Waals surface area contributed by atoms with Crippen molar-refractivity contribution in [1.82, 2.24) is 25.1 Å². The zero-order valence-corrected chi connectivity index (χ0v) is 19.5. The van der Waals surface area contributed by atoms with Gasteiger partial charge in [0, 0.05) is 24.7 Å². The molecule has 37 heavy (non-hydrogen) atoms. The van der Waals surface area contributed by atoms with E-state index < -0.39 is 23.6 Å². The molecule has 12 heteroatoms. The average molecular weight is 519 g/mol. The quantitative estimate of drug-likeness (QED) is 0.328. The fourth-order valence-corrected chi connectivity index (χ4v) is 4.07. The zero-order valence-electron chi connectivity index (χ0n) is 19.5. The second-order valence-electron chi connectivity index (χ2n) is 8.60. The summed E-state index contributed by atoms with van der Waals surface area (Å²) in [4.78, 5) is 1.77. The third-order valence-corrected chi connectivity index (χ3v) is 5.61. The highest BCUT2D eigenvalue weighted by Gasteiger charge is 2.35. The van der Waals surface area contributed by atoms with Crippen LogP contribution in [-0.2, 0) is 18.7 Å². The first-order valence-corrected chi connectivity index (χ1v) is 11.0. The highest BCUT2D eigenvalue weighted by molar-refractivity contribution is 5.64. The van der Waals surface area contributed by atoms with Crippen molar-refractivity contribution >= 4 is 0 Å². The smallest absolute Gasteiger partial charge is 0.406 e. The number of aromatic nitrogens is 4. The molecule has 0 saturated heterocycles. The Balaban J connectivity index is 1.47. The van der Waals surface area contributed by atoms with E-state index in [1.54, 1.807) is 11.9 Å². The minimum atomic E-state index is -4.75. The number of hydrogen-bond donors (Lipinski definition) is 1. The van der Waals surface area contributed by atoms with Crippen LogP contribution in [0, 0.1) is 11.6 Å². The Morgan fingerprint density at radius 2 is 1.59 bits per heavy atom. The van der Waals surface area contributed by atoms with E-state index in [0.29, 0.717) is 18.2 Å². The van der Waals surface area contributed by atoms with E-state index in [9.17, 15) is 27.1 Å². The van der Waals surface area contributed by atoms with Crippen LogP contribution >= 0.6 is 0 Å². The maximum atomic E-state index is 14.6. The van der Waals surface area contributed by atoms with Crippen molar-refractivity contribution in [2.24, 2.45) is 0 Å². The lowest BCUT2D eigenvalue weighted by Gasteiger charge is -2.33. The number of tetrazole rings is 1. The summed E-state index contributed by atoms with van der Waals surface area (Å²) in [6.07, 6.45) is -3.47. The summed E-state index contributed by atoms with van der Waals surface area (Å²) in [5.41, 5.74) is 0.491. The number of nitrogens with zero attached hydrogens (tertiary/aromatic N) is 5. The van der Waals surface area contributed by atoms with E-state index >= 15 is 0 Å². The molecule has 0 spiro atoms. The standard InChI is InChI=1S/C25H22F5N5O2/c1-34(14-24(36,15-35-16-31-32-33-35)22-11-8-20(26)12-23(22)27)13-17-2-4-18(5-3-17)19-6-9-21(10-7-19)37-25(28,29)30/h2-12,16,36H,13-15H2,1H3. The van der Waals surface area contributed by atoms with Gasteiger partial charge in [0.25, 0.3) is 0 Å². The minimum Gasteiger partial charge on any atom is -0.406 e. The number of alkyl halides is 3. The van der Waals surface area contributed by atoms with Crippen LogP contribution in [0.15, 0.2) is 73.1 Å². The zero-order chi connectivity index (χ0) is 26.6. The van der Waals surface area contributed by atoms with E-state index in [4.69, 9.17) is 0 Å².